The number of hydrogen-bond donors (Lipinski definition) is 2. The number of thiol groups is 1. The number of esters is 1. The average Bonchev–Trinajstić information content (AvgIpc) is 2.25. The van der Waals surface area contributed by atoms with E-state index in [9.17, 15) is 9.90 Å². The Morgan fingerprint density at radius 1 is 1.62 bits per heavy atom. The molecule has 0 aliphatic carbocycles. The van der Waals surface area contributed by atoms with Gasteiger partial charge in [0.25, 0.3) is 0 Å². The third-order valence-corrected chi connectivity index (χ3v) is 2.51. The summed E-state index contributed by atoms with van der Waals surface area (Å²) in [5.41, 5.74) is 0.708. The van der Waals surface area contributed by atoms with Gasteiger partial charge in [0.15, 0.2) is 0 Å². The summed E-state index contributed by atoms with van der Waals surface area (Å²) in [6.07, 6.45) is -0.0655. The molecule has 0 fully saturated rings. The van der Waals surface area contributed by atoms with E-state index in [0.29, 0.717) is 11.1 Å². The number of phenolic OH excluding ortho intramolecular Hbond substituents is 1. The van der Waals surface area contributed by atoms with Crippen molar-refractivity contribution in [1.29, 1.82) is 5.26 Å². The molecular formula is C11H11NO3S. The van der Waals surface area contributed by atoms with Crippen molar-refractivity contribution in [3.63, 3.8) is 0 Å². The van der Waals surface area contributed by atoms with Crippen LogP contribution >= 0.6 is 12.6 Å². The highest BCUT2D eigenvalue weighted by molar-refractivity contribution is 7.80. The zero-order valence-corrected chi connectivity index (χ0v) is 9.62. The van der Waals surface area contributed by atoms with E-state index in [2.05, 4.69) is 12.6 Å². The van der Waals surface area contributed by atoms with Gasteiger partial charge in [-0.3, -0.25) is 4.79 Å². The standard InChI is InChI=1S/C11H11NO3S/c1-2-15-10(14)5-8-7(6-12)3-4-9(13)11(8)16/h3-4,13,16H,2,5H2,1H3. The number of carbonyl (C=O) groups excluding carboxylic acids is 1. The van der Waals surface area contributed by atoms with Gasteiger partial charge in [0.1, 0.15) is 5.75 Å². The van der Waals surface area contributed by atoms with Gasteiger partial charge in [-0.1, -0.05) is 0 Å². The SMILES string of the molecule is CCOC(=O)Cc1c(C#N)ccc(O)c1S. The quantitative estimate of drug-likeness (QED) is 0.619. The van der Waals surface area contributed by atoms with Crippen LogP contribution in [0.25, 0.3) is 0 Å². The first kappa shape index (κ1) is 12.4. The van der Waals surface area contributed by atoms with Gasteiger partial charge in [-0.15, -0.1) is 12.6 Å². The number of carbonyl (C=O) groups is 1. The second kappa shape index (κ2) is 5.42. The fraction of sp³-hybridized carbons (Fsp3) is 0.273. The van der Waals surface area contributed by atoms with Crippen LogP contribution in [0.1, 0.15) is 18.1 Å². The molecule has 0 radical (unpaired) electrons. The lowest BCUT2D eigenvalue weighted by Gasteiger charge is -2.08. The minimum Gasteiger partial charge on any atom is -0.507 e. The second-order valence-electron chi connectivity index (χ2n) is 3.05. The Bertz CT molecular complexity index is 451. The molecule has 0 aliphatic heterocycles. The Hall–Kier alpha value is -1.67. The highest BCUT2D eigenvalue weighted by Crippen LogP contribution is 2.28. The lowest BCUT2D eigenvalue weighted by atomic mass is 10.0. The molecule has 0 amide bonds. The van der Waals surface area contributed by atoms with Crippen LogP contribution in [0.5, 0.6) is 5.75 Å². The summed E-state index contributed by atoms with van der Waals surface area (Å²) in [4.78, 5) is 11.5. The molecule has 1 aromatic carbocycles. The Labute approximate surface area is 98.9 Å². The van der Waals surface area contributed by atoms with Gasteiger partial charge < -0.3 is 9.84 Å². The maximum atomic E-state index is 11.3. The Morgan fingerprint density at radius 3 is 2.88 bits per heavy atom. The molecule has 0 bridgehead atoms. The molecule has 1 rings (SSSR count). The molecule has 0 spiro atoms. The zero-order chi connectivity index (χ0) is 12.1. The van der Waals surface area contributed by atoms with Gasteiger partial charge in [-0.25, -0.2) is 0 Å². The number of aromatic hydroxyl groups is 1. The molecule has 1 aromatic rings. The van der Waals surface area contributed by atoms with E-state index in [1.807, 2.05) is 6.07 Å². The number of ether oxygens (including phenoxy) is 1. The molecule has 0 heterocycles. The molecule has 0 aliphatic rings. The lowest BCUT2D eigenvalue weighted by molar-refractivity contribution is -0.142. The number of benzene rings is 1. The number of hydrogen-bond acceptors (Lipinski definition) is 5. The van der Waals surface area contributed by atoms with Crippen LogP contribution in [0.2, 0.25) is 0 Å². The van der Waals surface area contributed by atoms with Crippen molar-refractivity contribution in [2.45, 2.75) is 18.2 Å². The van der Waals surface area contributed by atoms with E-state index in [0.717, 1.165) is 0 Å². The lowest BCUT2D eigenvalue weighted by Crippen LogP contribution is -2.09. The summed E-state index contributed by atoms with van der Waals surface area (Å²) < 4.78 is 4.78. The van der Waals surface area contributed by atoms with Crippen LogP contribution in [-0.4, -0.2) is 17.7 Å². The second-order valence-corrected chi connectivity index (χ2v) is 3.50. The van der Waals surface area contributed by atoms with Crippen LogP contribution < -0.4 is 0 Å². The van der Waals surface area contributed by atoms with E-state index in [1.54, 1.807) is 6.92 Å². The molecule has 4 nitrogen and oxygen atoms in total. The molecule has 0 saturated heterocycles. The topological polar surface area (TPSA) is 70.3 Å². The van der Waals surface area contributed by atoms with Gasteiger partial charge in [-0.05, 0) is 24.6 Å². The average molecular weight is 237 g/mol. The molecule has 0 saturated carbocycles. The first-order valence-corrected chi connectivity index (χ1v) is 5.14. The summed E-state index contributed by atoms with van der Waals surface area (Å²) >= 11 is 4.07. The van der Waals surface area contributed by atoms with Crippen LogP contribution in [-0.2, 0) is 16.0 Å². The van der Waals surface area contributed by atoms with E-state index < -0.39 is 5.97 Å². The Morgan fingerprint density at radius 2 is 2.31 bits per heavy atom. The van der Waals surface area contributed by atoms with Gasteiger partial charge in [-0.2, -0.15) is 5.26 Å². The molecule has 5 heteroatoms. The van der Waals surface area contributed by atoms with Crippen molar-refractivity contribution in [2.75, 3.05) is 6.61 Å². The predicted molar refractivity (Wildman–Crippen MR) is 60.4 cm³/mol. The molecule has 1 N–H and O–H groups in total. The van der Waals surface area contributed by atoms with Crippen LogP contribution in [0.4, 0.5) is 0 Å². The molecule has 0 aromatic heterocycles. The normalized spacial score (nSPS) is 9.56. The summed E-state index contributed by atoms with van der Waals surface area (Å²) in [6.45, 7) is 1.98. The molecule has 0 atom stereocenters. The van der Waals surface area contributed by atoms with Gasteiger partial charge in [0.2, 0.25) is 0 Å². The minimum atomic E-state index is -0.445. The predicted octanol–water partition coefficient (Wildman–Crippen LogP) is 1.66. The largest absolute Gasteiger partial charge is 0.507 e. The first-order valence-electron chi connectivity index (χ1n) is 4.69. The number of nitriles is 1. The summed E-state index contributed by atoms with van der Waals surface area (Å²) in [5.74, 6) is -0.499. The highest BCUT2D eigenvalue weighted by Gasteiger charge is 2.14. The fourth-order valence-electron chi connectivity index (χ4n) is 1.26. The molecular weight excluding hydrogens is 226 g/mol. The number of nitrogens with zero attached hydrogens (tertiary/aromatic N) is 1. The van der Waals surface area contributed by atoms with E-state index >= 15 is 0 Å². The number of phenols is 1. The fourth-order valence-corrected chi connectivity index (χ4v) is 1.54. The third-order valence-electron chi connectivity index (χ3n) is 2.01. The van der Waals surface area contributed by atoms with Crippen molar-refractivity contribution in [1.82, 2.24) is 0 Å². The van der Waals surface area contributed by atoms with Crippen molar-refractivity contribution >= 4 is 18.6 Å². The van der Waals surface area contributed by atoms with Gasteiger partial charge >= 0.3 is 5.97 Å². The van der Waals surface area contributed by atoms with Gasteiger partial charge in [0, 0.05) is 0 Å². The minimum absolute atomic E-state index is 0.0540. The number of rotatable bonds is 3. The van der Waals surface area contributed by atoms with Crippen molar-refractivity contribution in [3.8, 4) is 11.8 Å². The summed E-state index contributed by atoms with van der Waals surface area (Å²) in [6, 6.07) is 4.76. The van der Waals surface area contributed by atoms with Crippen LogP contribution in [0, 0.1) is 11.3 Å². The van der Waals surface area contributed by atoms with Crippen molar-refractivity contribution in [3.05, 3.63) is 23.3 Å². The monoisotopic (exact) mass is 237 g/mol. The van der Waals surface area contributed by atoms with E-state index in [-0.39, 0.29) is 23.7 Å². The van der Waals surface area contributed by atoms with Crippen molar-refractivity contribution in [2.24, 2.45) is 0 Å². The van der Waals surface area contributed by atoms with Crippen LogP contribution in [0.3, 0.4) is 0 Å². The summed E-state index contributed by atoms with van der Waals surface area (Å²) in [5, 5.41) is 18.3. The molecule has 16 heavy (non-hydrogen) atoms. The van der Waals surface area contributed by atoms with E-state index in [1.165, 1.54) is 12.1 Å². The smallest absolute Gasteiger partial charge is 0.310 e. The van der Waals surface area contributed by atoms with Crippen LogP contribution in [0.15, 0.2) is 17.0 Å². The third kappa shape index (κ3) is 2.67. The maximum absolute atomic E-state index is 11.3. The molecule has 84 valence electrons. The zero-order valence-electron chi connectivity index (χ0n) is 8.73. The first-order chi connectivity index (χ1) is 7.60. The highest BCUT2D eigenvalue weighted by atomic mass is 32.1. The maximum Gasteiger partial charge on any atom is 0.310 e. The van der Waals surface area contributed by atoms with Gasteiger partial charge in [0.05, 0.1) is 29.6 Å². The van der Waals surface area contributed by atoms with E-state index in [4.69, 9.17) is 10.00 Å². The van der Waals surface area contributed by atoms with Crippen molar-refractivity contribution < 1.29 is 14.6 Å². The Balaban J connectivity index is 3.07. The Kier molecular flexibility index (Phi) is 4.20. The molecule has 0 unspecified atom stereocenters. The summed E-state index contributed by atoms with van der Waals surface area (Å²) in [7, 11) is 0.